The second kappa shape index (κ2) is 7.17. The zero-order valence-electron chi connectivity index (χ0n) is 12.4. The average molecular weight is 320 g/mol. The number of carbonyl (C=O) groups excluding carboxylic acids is 2. The fourth-order valence-electron chi connectivity index (χ4n) is 2.03. The molecule has 1 heterocycles. The smallest absolute Gasteiger partial charge is 0.264 e. The van der Waals surface area contributed by atoms with Gasteiger partial charge in [0.15, 0.2) is 0 Å². The Kier molecular flexibility index (Phi) is 5.27. The van der Waals surface area contributed by atoms with Crippen molar-refractivity contribution in [3.63, 3.8) is 0 Å². The highest BCUT2D eigenvalue weighted by Crippen LogP contribution is 2.23. The van der Waals surface area contributed by atoms with Gasteiger partial charge in [0.05, 0.1) is 9.88 Å². The van der Waals surface area contributed by atoms with Gasteiger partial charge in [0.25, 0.3) is 5.91 Å². The Morgan fingerprint density at radius 2 is 2.05 bits per heavy atom. The van der Waals surface area contributed by atoms with Crippen LogP contribution in [0, 0.1) is 5.82 Å². The summed E-state index contributed by atoms with van der Waals surface area (Å²) in [5.74, 6) is -0.619. The highest BCUT2D eigenvalue weighted by molar-refractivity contribution is 7.18. The zero-order valence-corrected chi connectivity index (χ0v) is 13.2. The van der Waals surface area contributed by atoms with Crippen molar-refractivity contribution in [1.29, 1.82) is 0 Å². The minimum absolute atomic E-state index is 0.131. The van der Waals surface area contributed by atoms with Gasteiger partial charge in [0.1, 0.15) is 5.82 Å². The molecule has 0 fully saturated rings. The van der Waals surface area contributed by atoms with E-state index in [4.69, 9.17) is 0 Å². The standard InChI is InChI=1S/C16H17FN2O2S/c1-3-19(10-12-5-4-6-13(17)9-12)16(21)14-7-8-15(22-14)18-11(2)20/h4-9H,3,10H2,1-2H3,(H,18,20). The van der Waals surface area contributed by atoms with Crippen molar-refractivity contribution in [3.05, 3.63) is 52.7 Å². The number of rotatable bonds is 5. The maximum absolute atomic E-state index is 13.2. The number of hydrogen-bond acceptors (Lipinski definition) is 3. The number of nitrogens with one attached hydrogen (secondary N) is 1. The molecule has 1 aromatic carbocycles. The van der Waals surface area contributed by atoms with E-state index in [1.807, 2.05) is 6.92 Å². The lowest BCUT2D eigenvalue weighted by atomic mass is 10.2. The summed E-state index contributed by atoms with van der Waals surface area (Å²) in [6, 6.07) is 9.61. The second-order valence-corrected chi connectivity index (χ2v) is 5.88. The number of halogens is 1. The third-order valence-electron chi connectivity index (χ3n) is 3.05. The summed E-state index contributed by atoms with van der Waals surface area (Å²) in [5.41, 5.74) is 0.744. The quantitative estimate of drug-likeness (QED) is 0.916. The van der Waals surface area contributed by atoms with Crippen LogP contribution in [0.25, 0.3) is 0 Å². The van der Waals surface area contributed by atoms with Crippen molar-refractivity contribution in [2.24, 2.45) is 0 Å². The third-order valence-corrected chi connectivity index (χ3v) is 4.04. The van der Waals surface area contributed by atoms with Crippen LogP contribution in [0.3, 0.4) is 0 Å². The Balaban J connectivity index is 2.11. The van der Waals surface area contributed by atoms with Gasteiger partial charge >= 0.3 is 0 Å². The van der Waals surface area contributed by atoms with E-state index in [0.29, 0.717) is 23.0 Å². The maximum Gasteiger partial charge on any atom is 0.264 e. The van der Waals surface area contributed by atoms with Crippen LogP contribution < -0.4 is 5.32 Å². The molecule has 2 rings (SSSR count). The molecule has 0 saturated heterocycles. The normalized spacial score (nSPS) is 10.3. The predicted octanol–water partition coefficient (Wildman–Crippen LogP) is 3.51. The van der Waals surface area contributed by atoms with Gasteiger partial charge in [-0.1, -0.05) is 12.1 Å². The van der Waals surface area contributed by atoms with E-state index >= 15 is 0 Å². The molecule has 22 heavy (non-hydrogen) atoms. The molecule has 0 spiro atoms. The van der Waals surface area contributed by atoms with Gasteiger partial charge in [-0.15, -0.1) is 11.3 Å². The summed E-state index contributed by atoms with van der Waals surface area (Å²) in [4.78, 5) is 25.7. The average Bonchev–Trinajstić information content (AvgIpc) is 2.91. The fourth-order valence-corrected chi connectivity index (χ4v) is 2.95. The number of thiophene rings is 1. The van der Waals surface area contributed by atoms with E-state index < -0.39 is 0 Å². The minimum atomic E-state index is -0.315. The number of nitrogens with zero attached hydrogens (tertiary/aromatic N) is 1. The first kappa shape index (κ1) is 16.2. The van der Waals surface area contributed by atoms with Crippen molar-refractivity contribution in [2.75, 3.05) is 11.9 Å². The van der Waals surface area contributed by atoms with Crippen molar-refractivity contribution in [3.8, 4) is 0 Å². The first-order chi connectivity index (χ1) is 10.5. The van der Waals surface area contributed by atoms with E-state index in [2.05, 4.69) is 5.32 Å². The molecule has 0 aliphatic heterocycles. The van der Waals surface area contributed by atoms with Crippen molar-refractivity contribution in [1.82, 2.24) is 4.90 Å². The van der Waals surface area contributed by atoms with Crippen molar-refractivity contribution < 1.29 is 14.0 Å². The van der Waals surface area contributed by atoms with Crippen LogP contribution in [0.2, 0.25) is 0 Å². The molecule has 2 aromatic rings. The van der Waals surface area contributed by atoms with Crippen molar-refractivity contribution in [2.45, 2.75) is 20.4 Å². The number of anilines is 1. The number of amides is 2. The molecular formula is C16H17FN2O2S. The van der Waals surface area contributed by atoms with Crippen LogP contribution in [-0.4, -0.2) is 23.3 Å². The molecule has 1 aromatic heterocycles. The molecule has 4 nitrogen and oxygen atoms in total. The monoisotopic (exact) mass is 320 g/mol. The SMILES string of the molecule is CCN(Cc1cccc(F)c1)C(=O)c1ccc(NC(C)=O)s1. The van der Waals surface area contributed by atoms with Gasteiger partial charge in [-0.25, -0.2) is 4.39 Å². The van der Waals surface area contributed by atoms with Gasteiger partial charge < -0.3 is 10.2 Å². The van der Waals surface area contributed by atoms with Crippen molar-refractivity contribution >= 4 is 28.2 Å². The molecule has 6 heteroatoms. The Morgan fingerprint density at radius 1 is 1.27 bits per heavy atom. The molecule has 0 aliphatic carbocycles. The number of hydrogen-bond donors (Lipinski definition) is 1. The lowest BCUT2D eigenvalue weighted by Crippen LogP contribution is -2.29. The van der Waals surface area contributed by atoms with Crippen LogP contribution in [0.1, 0.15) is 29.1 Å². The Labute approximate surface area is 132 Å². The summed E-state index contributed by atoms with van der Waals surface area (Å²) >= 11 is 1.23. The molecule has 0 saturated carbocycles. The van der Waals surface area contributed by atoms with Crippen LogP contribution in [0.4, 0.5) is 9.39 Å². The van der Waals surface area contributed by atoms with E-state index in [1.54, 1.807) is 29.2 Å². The van der Waals surface area contributed by atoms with Gasteiger partial charge in [-0.2, -0.15) is 0 Å². The van der Waals surface area contributed by atoms with E-state index in [9.17, 15) is 14.0 Å². The summed E-state index contributed by atoms with van der Waals surface area (Å²) in [7, 11) is 0. The first-order valence-corrected chi connectivity index (χ1v) is 7.72. The predicted molar refractivity (Wildman–Crippen MR) is 85.4 cm³/mol. The molecule has 2 amide bonds. The summed E-state index contributed by atoms with van der Waals surface area (Å²) < 4.78 is 13.2. The largest absolute Gasteiger partial charge is 0.334 e. The topological polar surface area (TPSA) is 49.4 Å². The van der Waals surface area contributed by atoms with Crippen LogP contribution >= 0.6 is 11.3 Å². The summed E-state index contributed by atoms with van der Waals surface area (Å²) in [6.45, 7) is 4.16. The second-order valence-electron chi connectivity index (χ2n) is 4.79. The molecule has 0 bridgehead atoms. The van der Waals surface area contributed by atoms with Gasteiger partial charge in [0.2, 0.25) is 5.91 Å². The number of benzene rings is 1. The van der Waals surface area contributed by atoms with Gasteiger partial charge in [0, 0.05) is 20.0 Å². The Morgan fingerprint density at radius 3 is 2.68 bits per heavy atom. The van der Waals surface area contributed by atoms with Gasteiger partial charge in [-0.05, 0) is 36.8 Å². The Hall–Kier alpha value is -2.21. The minimum Gasteiger partial charge on any atom is -0.334 e. The molecule has 0 aliphatic rings. The third kappa shape index (κ3) is 4.14. The van der Waals surface area contributed by atoms with E-state index in [0.717, 1.165) is 5.56 Å². The van der Waals surface area contributed by atoms with E-state index in [-0.39, 0.29) is 17.6 Å². The maximum atomic E-state index is 13.2. The van der Waals surface area contributed by atoms with Crippen LogP contribution in [0.5, 0.6) is 0 Å². The molecule has 0 radical (unpaired) electrons. The lowest BCUT2D eigenvalue weighted by Gasteiger charge is -2.20. The summed E-state index contributed by atoms with van der Waals surface area (Å²) in [6.07, 6.45) is 0. The number of carbonyl (C=O) groups is 2. The fraction of sp³-hybridized carbons (Fsp3) is 0.250. The van der Waals surface area contributed by atoms with Gasteiger partial charge in [-0.3, -0.25) is 9.59 Å². The molecule has 116 valence electrons. The molecule has 0 unspecified atom stereocenters. The highest BCUT2D eigenvalue weighted by atomic mass is 32.1. The van der Waals surface area contributed by atoms with E-state index in [1.165, 1.54) is 30.4 Å². The van der Waals surface area contributed by atoms with Crippen LogP contribution in [0.15, 0.2) is 36.4 Å². The molecule has 0 atom stereocenters. The lowest BCUT2D eigenvalue weighted by molar-refractivity contribution is -0.114. The zero-order chi connectivity index (χ0) is 16.1. The van der Waals surface area contributed by atoms with Crippen LogP contribution in [-0.2, 0) is 11.3 Å². The molecule has 1 N–H and O–H groups in total. The molecular weight excluding hydrogens is 303 g/mol. The highest BCUT2D eigenvalue weighted by Gasteiger charge is 2.17. The Bertz CT molecular complexity index is 684. The first-order valence-electron chi connectivity index (χ1n) is 6.90. The summed E-state index contributed by atoms with van der Waals surface area (Å²) in [5, 5.41) is 3.29.